The van der Waals surface area contributed by atoms with Gasteiger partial charge in [0.25, 0.3) is 0 Å². The van der Waals surface area contributed by atoms with Gasteiger partial charge in [-0.2, -0.15) is 0 Å². The molecule has 1 fully saturated rings. The van der Waals surface area contributed by atoms with E-state index in [-0.39, 0.29) is 5.82 Å². The second kappa shape index (κ2) is 4.41. The third kappa shape index (κ3) is 2.10. The molecule has 0 radical (unpaired) electrons. The van der Waals surface area contributed by atoms with Gasteiger partial charge in [-0.25, -0.2) is 9.37 Å². The van der Waals surface area contributed by atoms with Crippen LogP contribution in [0, 0.1) is 5.82 Å². The average Bonchev–Trinajstić information content (AvgIpc) is 2.74. The summed E-state index contributed by atoms with van der Waals surface area (Å²) >= 11 is 3.31. The summed E-state index contributed by atoms with van der Waals surface area (Å²) in [6.45, 7) is 0. The van der Waals surface area contributed by atoms with E-state index in [9.17, 15) is 4.39 Å². The van der Waals surface area contributed by atoms with Crippen LogP contribution in [0.2, 0.25) is 0 Å². The van der Waals surface area contributed by atoms with Crippen LogP contribution in [0.4, 0.5) is 4.39 Å². The lowest BCUT2D eigenvalue weighted by Gasteiger charge is -2.17. The lowest BCUT2D eigenvalue weighted by Crippen LogP contribution is -2.04. The molecule has 3 rings (SSSR count). The zero-order chi connectivity index (χ0) is 11.8. The van der Waals surface area contributed by atoms with Crippen molar-refractivity contribution in [3.63, 3.8) is 0 Å². The van der Waals surface area contributed by atoms with E-state index in [0.717, 1.165) is 18.7 Å². The van der Waals surface area contributed by atoms with Crippen LogP contribution in [-0.2, 0) is 0 Å². The topological polar surface area (TPSA) is 26.0 Å². The van der Waals surface area contributed by atoms with Gasteiger partial charge in [-0.1, -0.05) is 19.3 Å². The van der Waals surface area contributed by atoms with Crippen LogP contribution in [0.1, 0.15) is 43.9 Å². The lowest BCUT2D eigenvalue weighted by atomic mass is 9.89. The Morgan fingerprint density at radius 3 is 2.76 bits per heavy atom. The number of fused-ring (bicyclic) bond motifs is 1. The standard InChI is InChI=1S/C13H13BrFNO/c14-10-6-9(15)7-11-12(10)17-13(16-11)8-4-2-1-3-5-8/h6-8H,1-5H2. The molecule has 0 saturated heterocycles. The third-order valence-electron chi connectivity index (χ3n) is 3.38. The molecule has 4 heteroatoms. The molecule has 0 bridgehead atoms. The zero-order valence-corrected chi connectivity index (χ0v) is 11.0. The molecule has 0 spiro atoms. The molecule has 0 N–H and O–H groups in total. The summed E-state index contributed by atoms with van der Waals surface area (Å²) in [6, 6.07) is 2.84. The van der Waals surface area contributed by atoms with Crippen molar-refractivity contribution in [2.24, 2.45) is 0 Å². The number of hydrogen-bond donors (Lipinski definition) is 0. The van der Waals surface area contributed by atoms with E-state index in [2.05, 4.69) is 20.9 Å². The van der Waals surface area contributed by atoms with E-state index in [1.165, 1.54) is 31.4 Å². The van der Waals surface area contributed by atoms with Gasteiger partial charge >= 0.3 is 0 Å². The van der Waals surface area contributed by atoms with Crippen molar-refractivity contribution in [2.75, 3.05) is 0 Å². The second-order valence-electron chi connectivity index (χ2n) is 4.62. The van der Waals surface area contributed by atoms with Gasteiger partial charge in [0.05, 0.1) is 4.47 Å². The van der Waals surface area contributed by atoms with Crippen molar-refractivity contribution in [3.8, 4) is 0 Å². The summed E-state index contributed by atoms with van der Waals surface area (Å²) < 4.78 is 19.6. The Labute approximate surface area is 107 Å². The van der Waals surface area contributed by atoms with Gasteiger partial charge in [-0.15, -0.1) is 0 Å². The highest BCUT2D eigenvalue weighted by Gasteiger charge is 2.21. The van der Waals surface area contributed by atoms with Crippen LogP contribution >= 0.6 is 15.9 Å². The maximum absolute atomic E-state index is 13.2. The van der Waals surface area contributed by atoms with E-state index in [1.54, 1.807) is 0 Å². The SMILES string of the molecule is Fc1cc(Br)c2oc(C3CCCCC3)nc2c1. The molecule has 1 aliphatic carbocycles. The molecule has 1 aromatic carbocycles. The van der Waals surface area contributed by atoms with Crippen molar-refractivity contribution in [1.82, 2.24) is 4.98 Å². The number of oxazole rings is 1. The van der Waals surface area contributed by atoms with Crippen molar-refractivity contribution in [1.29, 1.82) is 0 Å². The fourth-order valence-electron chi connectivity index (χ4n) is 2.50. The highest BCUT2D eigenvalue weighted by Crippen LogP contribution is 2.35. The molecule has 1 aromatic heterocycles. The Bertz CT molecular complexity index is 546. The zero-order valence-electron chi connectivity index (χ0n) is 9.38. The van der Waals surface area contributed by atoms with Crippen molar-refractivity contribution in [3.05, 3.63) is 28.3 Å². The van der Waals surface area contributed by atoms with Gasteiger partial charge in [0.2, 0.25) is 0 Å². The maximum atomic E-state index is 13.2. The van der Waals surface area contributed by atoms with Crippen LogP contribution in [-0.4, -0.2) is 4.98 Å². The lowest BCUT2D eigenvalue weighted by molar-refractivity contribution is 0.373. The quantitative estimate of drug-likeness (QED) is 0.757. The first-order valence-electron chi connectivity index (χ1n) is 5.99. The van der Waals surface area contributed by atoms with Crippen LogP contribution in [0.5, 0.6) is 0 Å². The molecule has 0 unspecified atom stereocenters. The van der Waals surface area contributed by atoms with Gasteiger partial charge in [0, 0.05) is 12.0 Å². The molecule has 2 nitrogen and oxygen atoms in total. The summed E-state index contributed by atoms with van der Waals surface area (Å²) in [7, 11) is 0. The Balaban J connectivity index is 2.03. The minimum Gasteiger partial charge on any atom is -0.439 e. The predicted octanol–water partition coefficient (Wildman–Crippen LogP) is 4.78. The van der Waals surface area contributed by atoms with E-state index in [1.807, 2.05) is 0 Å². The Morgan fingerprint density at radius 1 is 1.24 bits per heavy atom. The Hall–Kier alpha value is -0.900. The summed E-state index contributed by atoms with van der Waals surface area (Å²) in [5.74, 6) is 0.894. The first-order chi connectivity index (χ1) is 8.24. The van der Waals surface area contributed by atoms with Crippen molar-refractivity contribution < 1.29 is 8.81 Å². The smallest absolute Gasteiger partial charge is 0.198 e. The first-order valence-corrected chi connectivity index (χ1v) is 6.79. The van der Waals surface area contributed by atoms with Crippen LogP contribution in [0.3, 0.4) is 0 Å². The number of halogens is 2. The Morgan fingerprint density at radius 2 is 2.00 bits per heavy atom. The summed E-state index contributed by atoms with van der Waals surface area (Å²) in [4.78, 5) is 4.42. The molecule has 2 aromatic rings. The van der Waals surface area contributed by atoms with E-state index in [0.29, 0.717) is 21.5 Å². The fraction of sp³-hybridized carbons (Fsp3) is 0.462. The molecular formula is C13H13BrFNO. The molecule has 1 heterocycles. The molecule has 1 saturated carbocycles. The predicted molar refractivity (Wildman–Crippen MR) is 67.5 cm³/mol. The molecular weight excluding hydrogens is 285 g/mol. The first kappa shape index (κ1) is 11.2. The molecule has 0 atom stereocenters. The third-order valence-corrected chi connectivity index (χ3v) is 3.97. The average molecular weight is 298 g/mol. The maximum Gasteiger partial charge on any atom is 0.198 e. The number of aromatic nitrogens is 1. The molecule has 90 valence electrons. The van der Waals surface area contributed by atoms with Gasteiger partial charge < -0.3 is 4.42 Å². The van der Waals surface area contributed by atoms with Crippen LogP contribution < -0.4 is 0 Å². The van der Waals surface area contributed by atoms with E-state index in [4.69, 9.17) is 4.42 Å². The van der Waals surface area contributed by atoms with Crippen LogP contribution in [0.25, 0.3) is 11.1 Å². The Kier molecular flexibility index (Phi) is 2.90. The number of hydrogen-bond acceptors (Lipinski definition) is 2. The number of rotatable bonds is 1. The summed E-state index contributed by atoms with van der Waals surface area (Å²) in [5, 5.41) is 0. The van der Waals surface area contributed by atoms with E-state index >= 15 is 0 Å². The largest absolute Gasteiger partial charge is 0.439 e. The van der Waals surface area contributed by atoms with Crippen molar-refractivity contribution in [2.45, 2.75) is 38.0 Å². The van der Waals surface area contributed by atoms with Crippen molar-refractivity contribution >= 4 is 27.0 Å². The molecule has 0 aliphatic heterocycles. The molecule has 1 aliphatic rings. The number of benzene rings is 1. The van der Waals surface area contributed by atoms with Crippen LogP contribution in [0.15, 0.2) is 21.0 Å². The highest BCUT2D eigenvalue weighted by molar-refractivity contribution is 9.10. The summed E-state index contributed by atoms with van der Waals surface area (Å²) in [5.41, 5.74) is 1.27. The molecule has 17 heavy (non-hydrogen) atoms. The highest BCUT2D eigenvalue weighted by atomic mass is 79.9. The van der Waals surface area contributed by atoms with Gasteiger partial charge in [0.15, 0.2) is 11.5 Å². The fourth-order valence-corrected chi connectivity index (χ4v) is 3.00. The van der Waals surface area contributed by atoms with Gasteiger partial charge in [-0.3, -0.25) is 0 Å². The molecule has 0 amide bonds. The second-order valence-corrected chi connectivity index (χ2v) is 5.48. The summed E-state index contributed by atoms with van der Waals surface area (Å²) in [6.07, 6.45) is 6.03. The number of nitrogens with zero attached hydrogens (tertiary/aromatic N) is 1. The normalized spacial score (nSPS) is 17.8. The van der Waals surface area contributed by atoms with Gasteiger partial charge in [0.1, 0.15) is 11.3 Å². The minimum atomic E-state index is -0.284. The van der Waals surface area contributed by atoms with E-state index < -0.39 is 0 Å². The van der Waals surface area contributed by atoms with Gasteiger partial charge in [-0.05, 0) is 34.8 Å². The monoisotopic (exact) mass is 297 g/mol. The minimum absolute atomic E-state index is 0.284.